The molecule has 4 N–H and O–H groups in total. The Morgan fingerprint density at radius 3 is 2.00 bits per heavy atom. The maximum absolute atomic E-state index is 11.8. The third kappa shape index (κ3) is 5.79. The van der Waals surface area contributed by atoms with Gasteiger partial charge in [-0.3, -0.25) is 14.9 Å². The molecule has 17 heavy (non-hydrogen) atoms. The molecule has 0 bridgehead atoms. The van der Waals surface area contributed by atoms with Crippen molar-refractivity contribution in [2.24, 2.45) is 11.7 Å². The van der Waals surface area contributed by atoms with Crippen LogP contribution in [-0.4, -0.2) is 29.1 Å². The molecular weight excluding hydrogens is 220 g/mol. The highest BCUT2D eigenvalue weighted by Crippen LogP contribution is 2.13. The number of carbonyl (C=O) groups excluding carboxylic acids is 2. The van der Waals surface area contributed by atoms with E-state index < -0.39 is 18.1 Å². The van der Waals surface area contributed by atoms with Crippen LogP contribution in [0.15, 0.2) is 0 Å². The molecule has 2 atom stereocenters. The lowest BCUT2D eigenvalue weighted by atomic mass is 9.97. The number of hydrogen-bond acceptors (Lipinski definition) is 4. The predicted molar refractivity (Wildman–Crippen MR) is 66.1 cm³/mol. The lowest BCUT2D eigenvalue weighted by molar-refractivity contribution is -0.134. The average molecular weight is 244 g/mol. The van der Waals surface area contributed by atoms with Crippen LogP contribution in [0.4, 0.5) is 0 Å². The van der Waals surface area contributed by atoms with Crippen LogP contribution in [0.25, 0.3) is 0 Å². The number of amides is 2. The van der Waals surface area contributed by atoms with Crippen molar-refractivity contribution in [3.8, 4) is 0 Å². The number of nitrogens with two attached hydrogens (primary N) is 1. The lowest BCUT2D eigenvalue weighted by Gasteiger charge is -2.18. The zero-order chi connectivity index (χ0) is 13.4. The van der Waals surface area contributed by atoms with E-state index >= 15 is 0 Å². The van der Waals surface area contributed by atoms with Crippen LogP contribution in [0.5, 0.6) is 0 Å². The van der Waals surface area contributed by atoms with E-state index in [9.17, 15) is 9.59 Å². The number of aliphatic hydroxyl groups excluding tert-OH is 1. The van der Waals surface area contributed by atoms with Gasteiger partial charge in [-0.25, -0.2) is 0 Å². The number of aliphatic hydroxyl groups is 1. The molecule has 0 aliphatic rings. The summed E-state index contributed by atoms with van der Waals surface area (Å²) in [5.41, 5.74) is 5.44. The first-order valence-electron chi connectivity index (χ1n) is 6.22. The topological polar surface area (TPSA) is 92.4 Å². The highest BCUT2D eigenvalue weighted by Gasteiger charge is 2.24. The minimum atomic E-state index is -1.05. The minimum Gasteiger partial charge on any atom is -0.391 e. The van der Waals surface area contributed by atoms with Crippen molar-refractivity contribution in [1.29, 1.82) is 0 Å². The third-order valence-corrected chi connectivity index (χ3v) is 2.71. The maximum atomic E-state index is 11.8. The van der Waals surface area contributed by atoms with Gasteiger partial charge in [-0.15, -0.1) is 0 Å². The number of carbonyl (C=O) groups is 2. The van der Waals surface area contributed by atoms with Crippen molar-refractivity contribution in [3.05, 3.63) is 0 Å². The molecule has 100 valence electrons. The van der Waals surface area contributed by atoms with Crippen LogP contribution < -0.4 is 11.1 Å². The number of nitrogens with one attached hydrogen (secondary N) is 1. The van der Waals surface area contributed by atoms with E-state index in [2.05, 4.69) is 5.32 Å². The van der Waals surface area contributed by atoms with E-state index in [4.69, 9.17) is 10.8 Å². The maximum Gasteiger partial charge on any atom is 0.246 e. The fourth-order valence-corrected chi connectivity index (χ4v) is 1.63. The average Bonchev–Trinajstić information content (AvgIpc) is 2.27. The van der Waals surface area contributed by atoms with E-state index in [-0.39, 0.29) is 11.8 Å². The molecule has 0 aliphatic carbocycles. The molecule has 0 rings (SSSR count). The summed E-state index contributed by atoms with van der Waals surface area (Å²) in [7, 11) is 0. The van der Waals surface area contributed by atoms with Crippen LogP contribution in [0, 0.1) is 5.92 Å². The molecule has 0 aromatic carbocycles. The molecule has 0 fully saturated rings. The Labute approximate surface area is 103 Å². The van der Waals surface area contributed by atoms with E-state index in [1.807, 2.05) is 13.8 Å². The molecule has 2 amide bonds. The van der Waals surface area contributed by atoms with Crippen LogP contribution in [-0.2, 0) is 9.59 Å². The van der Waals surface area contributed by atoms with Gasteiger partial charge in [-0.2, -0.15) is 0 Å². The second-order valence-electron chi connectivity index (χ2n) is 4.39. The second-order valence-corrected chi connectivity index (χ2v) is 4.39. The SMILES string of the molecule is CCCC(CCC)C(=O)NC(=O)[C@@H](N)[C@@H](C)O. The molecule has 0 heterocycles. The van der Waals surface area contributed by atoms with Gasteiger partial charge in [0, 0.05) is 5.92 Å². The van der Waals surface area contributed by atoms with Gasteiger partial charge in [0.15, 0.2) is 0 Å². The second kappa shape index (κ2) is 8.20. The standard InChI is InChI=1S/C12H24N2O3/c1-4-6-9(7-5-2)11(16)14-12(17)10(13)8(3)15/h8-10,15H,4-7,13H2,1-3H3,(H,14,16,17)/t8-,10+/m1/s1. The van der Waals surface area contributed by atoms with Gasteiger partial charge in [0.2, 0.25) is 11.8 Å². The first-order chi connectivity index (χ1) is 7.93. The first kappa shape index (κ1) is 16.1. The first-order valence-corrected chi connectivity index (χ1v) is 6.22. The Kier molecular flexibility index (Phi) is 7.74. The quantitative estimate of drug-likeness (QED) is 0.610. The fraction of sp³-hybridized carbons (Fsp3) is 0.833. The van der Waals surface area contributed by atoms with Crippen molar-refractivity contribution in [3.63, 3.8) is 0 Å². The highest BCUT2D eigenvalue weighted by molar-refractivity contribution is 5.98. The van der Waals surface area contributed by atoms with E-state index in [1.165, 1.54) is 6.92 Å². The van der Waals surface area contributed by atoms with Crippen molar-refractivity contribution in [1.82, 2.24) is 5.32 Å². The summed E-state index contributed by atoms with van der Waals surface area (Å²) in [6.07, 6.45) is 2.36. The normalized spacial score (nSPS) is 14.5. The number of rotatable bonds is 7. The van der Waals surface area contributed by atoms with Crippen LogP contribution >= 0.6 is 0 Å². The van der Waals surface area contributed by atoms with Gasteiger partial charge < -0.3 is 10.8 Å². The molecule has 0 aromatic rings. The van der Waals surface area contributed by atoms with Gasteiger partial charge in [0.05, 0.1) is 6.10 Å². The van der Waals surface area contributed by atoms with Gasteiger partial charge in [0.25, 0.3) is 0 Å². The summed E-state index contributed by atoms with van der Waals surface area (Å²) in [4.78, 5) is 23.3. The van der Waals surface area contributed by atoms with Gasteiger partial charge in [-0.05, 0) is 19.8 Å². The number of imide groups is 1. The van der Waals surface area contributed by atoms with Crippen LogP contribution in [0.2, 0.25) is 0 Å². The highest BCUT2D eigenvalue weighted by atomic mass is 16.3. The largest absolute Gasteiger partial charge is 0.391 e. The summed E-state index contributed by atoms with van der Waals surface area (Å²) >= 11 is 0. The summed E-state index contributed by atoms with van der Waals surface area (Å²) in [5, 5.41) is 11.4. The van der Waals surface area contributed by atoms with Crippen molar-refractivity contribution < 1.29 is 14.7 Å². The molecule has 0 saturated carbocycles. The van der Waals surface area contributed by atoms with Crippen LogP contribution in [0.1, 0.15) is 46.5 Å². The predicted octanol–water partition coefficient (Wildman–Crippen LogP) is 0.554. The monoisotopic (exact) mass is 244 g/mol. The molecule has 0 aliphatic heterocycles. The molecular formula is C12H24N2O3. The van der Waals surface area contributed by atoms with Crippen molar-refractivity contribution in [2.75, 3.05) is 0 Å². The Morgan fingerprint density at radius 1 is 1.18 bits per heavy atom. The summed E-state index contributed by atoms with van der Waals surface area (Å²) < 4.78 is 0. The van der Waals surface area contributed by atoms with Gasteiger partial charge >= 0.3 is 0 Å². The minimum absolute atomic E-state index is 0.143. The Hall–Kier alpha value is -0.940. The third-order valence-electron chi connectivity index (χ3n) is 2.71. The summed E-state index contributed by atoms with van der Waals surface area (Å²) in [5.74, 6) is -1.04. The van der Waals surface area contributed by atoms with E-state index in [0.717, 1.165) is 25.7 Å². The Balaban J connectivity index is 4.34. The van der Waals surface area contributed by atoms with Crippen LogP contribution in [0.3, 0.4) is 0 Å². The van der Waals surface area contributed by atoms with Gasteiger partial charge in [-0.1, -0.05) is 26.7 Å². The summed E-state index contributed by atoms with van der Waals surface area (Å²) in [6.45, 7) is 5.42. The molecule has 0 spiro atoms. The van der Waals surface area contributed by atoms with Crippen molar-refractivity contribution >= 4 is 11.8 Å². The molecule has 0 unspecified atom stereocenters. The molecule has 0 radical (unpaired) electrons. The zero-order valence-electron chi connectivity index (χ0n) is 10.9. The fourth-order valence-electron chi connectivity index (χ4n) is 1.63. The Bertz CT molecular complexity index is 248. The molecule has 0 saturated heterocycles. The smallest absolute Gasteiger partial charge is 0.246 e. The zero-order valence-corrected chi connectivity index (χ0v) is 10.9. The molecule has 5 heteroatoms. The number of hydrogen-bond donors (Lipinski definition) is 3. The van der Waals surface area contributed by atoms with E-state index in [1.54, 1.807) is 0 Å². The summed E-state index contributed by atoms with van der Waals surface area (Å²) in [6, 6.07) is -1.05. The van der Waals surface area contributed by atoms with Gasteiger partial charge in [0.1, 0.15) is 6.04 Å². The molecule has 0 aromatic heterocycles. The Morgan fingerprint density at radius 2 is 1.65 bits per heavy atom. The van der Waals surface area contributed by atoms with Crippen molar-refractivity contribution in [2.45, 2.75) is 58.6 Å². The molecule has 5 nitrogen and oxygen atoms in total. The van der Waals surface area contributed by atoms with E-state index in [0.29, 0.717) is 0 Å². The lowest BCUT2D eigenvalue weighted by Crippen LogP contribution is -2.50.